The molecule has 2 aliphatic rings. The largest absolute Gasteiger partial charge is 0.379 e. The average Bonchev–Trinajstić information content (AvgIpc) is 2.74. The summed E-state index contributed by atoms with van der Waals surface area (Å²) in [5.74, 6) is 0.628. The minimum Gasteiger partial charge on any atom is -0.379 e. The molecule has 3 rings (SSSR count). The van der Waals surface area contributed by atoms with Crippen LogP contribution in [-0.2, 0) is 9.53 Å². The lowest BCUT2D eigenvalue weighted by Gasteiger charge is -2.37. The van der Waals surface area contributed by atoms with E-state index in [0.717, 1.165) is 43.6 Å². The zero-order valence-corrected chi connectivity index (χ0v) is 19.0. The van der Waals surface area contributed by atoms with E-state index in [-0.39, 0.29) is 17.7 Å². The van der Waals surface area contributed by atoms with Gasteiger partial charge >= 0.3 is 0 Å². The molecule has 1 N–H and O–H groups in total. The molecule has 7 heteroatoms. The Balaban J connectivity index is 1.46. The summed E-state index contributed by atoms with van der Waals surface area (Å²) >= 11 is 3.39. The van der Waals surface area contributed by atoms with Crippen LogP contribution in [0, 0.1) is 11.8 Å². The summed E-state index contributed by atoms with van der Waals surface area (Å²) in [4.78, 5) is 29.7. The van der Waals surface area contributed by atoms with Gasteiger partial charge in [0.05, 0.1) is 13.2 Å². The molecule has 29 heavy (non-hydrogen) atoms. The molecule has 6 nitrogen and oxygen atoms in total. The fraction of sp³-hybridized carbons (Fsp3) is 0.636. The Hall–Kier alpha value is -1.44. The summed E-state index contributed by atoms with van der Waals surface area (Å²) in [5, 5.41) is 3.18. The summed E-state index contributed by atoms with van der Waals surface area (Å²) in [5.41, 5.74) is 0.696. The van der Waals surface area contributed by atoms with Crippen LogP contribution in [0.5, 0.6) is 0 Å². The molecule has 0 aliphatic carbocycles. The summed E-state index contributed by atoms with van der Waals surface area (Å²) in [6.45, 7) is 9.73. The van der Waals surface area contributed by atoms with E-state index < -0.39 is 0 Å². The highest BCUT2D eigenvalue weighted by molar-refractivity contribution is 9.10. The second-order valence-corrected chi connectivity index (χ2v) is 9.19. The van der Waals surface area contributed by atoms with E-state index in [1.165, 1.54) is 0 Å². The molecule has 160 valence electrons. The smallest absolute Gasteiger partial charge is 0.253 e. The lowest BCUT2D eigenvalue weighted by Crippen LogP contribution is -2.52. The third kappa shape index (κ3) is 6.03. The van der Waals surface area contributed by atoms with Crippen molar-refractivity contribution in [2.75, 3.05) is 45.9 Å². The van der Waals surface area contributed by atoms with Crippen LogP contribution in [0.2, 0.25) is 0 Å². The molecule has 2 fully saturated rings. The molecular weight excluding hydrogens is 434 g/mol. The molecular formula is C22H32BrN3O3. The molecule has 0 radical (unpaired) electrons. The van der Waals surface area contributed by atoms with Gasteiger partial charge in [-0.1, -0.05) is 29.8 Å². The van der Waals surface area contributed by atoms with Crippen LogP contribution < -0.4 is 5.32 Å². The molecule has 2 saturated heterocycles. The number of amides is 2. The summed E-state index contributed by atoms with van der Waals surface area (Å²) in [7, 11) is 0. The fourth-order valence-electron chi connectivity index (χ4n) is 4.16. The maximum Gasteiger partial charge on any atom is 0.253 e. The first-order valence-corrected chi connectivity index (χ1v) is 11.4. The Labute approximate surface area is 182 Å². The summed E-state index contributed by atoms with van der Waals surface area (Å²) in [6.07, 6.45) is 1.44. The number of benzene rings is 1. The number of piperidine rings is 1. The first kappa shape index (κ1) is 22.2. The zero-order valence-electron chi connectivity index (χ0n) is 17.4. The van der Waals surface area contributed by atoms with Crippen LogP contribution >= 0.6 is 15.9 Å². The second kappa shape index (κ2) is 10.5. The molecule has 1 aromatic rings. The van der Waals surface area contributed by atoms with Crippen molar-refractivity contribution in [3.05, 3.63) is 34.3 Å². The molecule has 0 saturated carbocycles. The normalized spacial score (nSPS) is 19.9. The van der Waals surface area contributed by atoms with E-state index in [2.05, 4.69) is 40.0 Å². The van der Waals surface area contributed by atoms with Crippen molar-refractivity contribution in [3.8, 4) is 0 Å². The molecule has 0 bridgehead atoms. The van der Waals surface area contributed by atoms with Gasteiger partial charge in [-0.2, -0.15) is 0 Å². The van der Waals surface area contributed by atoms with Crippen LogP contribution in [0.3, 0.4) is 0 Å². The number of nitrogens with zero attached hydrogens (tertiary/aromatic N) is 2. The molecule has 1 aromatic carbocycles. The lowest BCUT2D eigenvalue weighted by molar-refractivity contribution is -0.126. The number of halogens is 1. The van der Waals surface area contributed by atoms with E-state index in [4.69, 9.17) is 4.74 Å². The van der Waals surface area contributed by atoms with E-state index >= 15 is 0 Å². The van der Waals surface area contributed by atoms with Gasteiger partial charge in [0, 0.05) is 54.7 Å². The Kier molecular flexibility index (Phi) is 8.09. The quantitative estimate of drug-likeness (QED) is 0.701. The topological polar surface area (TPSA) is 61.9 Å². The number of hydrogen-bond donors (Lipinski definition) is 1. The third-order valence-electron chi connectivity index (χ3n) is 6.01. The van der Waals surface area contributed by atoms with Gasteiger partial charge in [0.2, 0.25) is 5.91 Å². The molecule has 2 amide bonds. The molecule has 2 heterocycles. The standard InChI is InChI=1S/C22H32BrN3O3/c1-16(2)20(25-11-13-29-14-12-25)15-24-21(27)17-7-9-26(10-8-17)22(28)18-3-5-19(23)6-4-18/h3-6,16-17,20H,7-15H2,1-2H3,(H,24,27)/t20-/m1/s1. The second-order valence-electron chi connectivity index (χ2n) is 8.28. The van der Waals surface area contributed by atoms with Crippen molar-refractivity contribution in [2.24, 2.45) is 11.8 Å². The summed E-state index contributed by atoms with van der Waals surface area (Å²) < 4.78 is 6.41. The van der Waals surface area contributed by atoms with Crippen LogP contribution in [0.15, 0.2) is 28.7 Å². The van der Waals surface area contributed by atoms with Crippen molar-refractivity contribution in [2.45, 2.75) is 32.7 Å². The number of morpholine rings is 1. The Morgan fingerprint density at radius 1 is 1.10 bits per heavy atom. The lowest BCUT2D eigenvalue weighted by atomic mass is 9.94. The summed E-state index contributed by atoms with van der Waals surface area (Å²) in [6, 6.07) is 7.77. The van der Waals surface area contributed by atoms with Gasteiger partial charge in [-0.05, 0) is 43.0 Å². The first-order chi connectivity index (χ1) is 14.0. The van der Waals surface area contributed by atoms with Crippen molar-refractivity contribution < 1.29 is 14.3 Å². The minimum absolute atomic E-state index is 0.0125. The number of carbonyl (C=O) groups excluding carboxylic acids is 2. The zero-order chi connectivity index (χ0) is 20.8. The first-order valence-electron chi connectivity index (χ1n) is 10.6. The maximum absolute atomic E-state index is 12.7. The Morgan fingerprint density at radius 2 is 1.72 bits per heavy atom. The number of rotatable bonds is 6. The predicted octanol–water partition coefficient (Wildman–Crippen LogP) is 2.77. The van der Waals surface area contributed by atoms with Crippen LogP contribution in [-0.4, -0.2) is 73.6 Å². The van der Waals surface area contributed by atoms with Gasteiger partial charge in [0.1, 0.15) is 0 Å². The highest BCUT2D eigenvalue weighted by Crippen LogP contribution is 2.21. The van der Waals surface area contributed by atoms with Gasteiger partial charge in [0.25, 0.3) is 5.91 Å². The van der Waals surface area contributed by atoms with Crippen LogP contribution in [0.4, 0.5) is 0 Å². The van der Waals surface area contributed by atoms with E-state index in [1.807, 2.05) is 29.2 Å². The SMILES string of the molecule is CC(C)[C@@H](CNC(=O)C1CCN(C(=O)c2ccc(Br)cc2)CC1)N1CCOCC1. The van der Waals surface area contributed by atoms with E-state index in [9.17, 15) is 9.59 Å². The highest BCUT2D eigenvalue weighted by Gasteiger charge is 2.29. The van der Waals surface area contributed by atoms with Gasteiger partial charge in [-0.15, -0.1) is 0 Å². The fourth-order valence-corrected chi connectivity index (χ4v) is 4.43. The van der Waals surface area contributed by atoms with Crippen molar-refractivity contribution in [3.63, 3.8) is 0 Å². The number of nitrogens with one attached hydrogen (secondary N) is 1. The van der Waals surface area contributed by atoms with E-state index in [0.29, 0.717) is 37.2 Å². The molecule has 0 unspecified atom stereocenters. The third-order valence-corrected chi connectivity index (χ3v) is 6.54. The number of carbonyl (C=O) groups is 2. The minimum atomic E-state index is -0.0125. The van der Waals surface area contributed by atoms with Gasteiger partial charge in [-0.3, -0.25) is 14.5 Å². The molecule has 1 atom stereocenters. The van der Waals surface area contributed by atoms with Gasteiger partial charge in [0.15, 0.2) is 0 Å². The molecule has 2 aliphatic heterocycles. The van der Waals surface area contributed by atoms with Crippen molar-refractivity contribution >= 4 is 27.7 Å². The van der Waals surface area contributed by atoms with Crippen LogP contribution in [0.1, 0.15) is 37.0 Å². The predicted molar refractivity (Wildman–Crippen MR) is 117 cm³/mol. The number of ether oxygens (including phenoxy) is 1. The monoisotopic (exact) mass is 465 g/mol. The number of hydrogen-bond acceptors (Lipinski definition) is 4. The Morgan fingerprint density at radius 3 is 2.31 bits per heavy atom. The average molecular weight is 466 g/mol. The maximum atomic E-state index is 12.7. The van der Waals surface area contributed by atoms with Gasteiger partial charge < -0.3 is 15.0 Å². The molecule has 0 aromatic heterocycles. The number of likely N-dealkylation sites (tertiary alicyclic amines) is 1. The highest BCUT2D eigenvalue weighted by atomic mass is 79.9. The van der Waals surface area contributed by atoms with Crippen molar-refractivity contribution in [1.29, 1.82) is 0 Å². The van der Waals surface area contributed by atoms with Crippen molar-refractivity contribution in [1.82, 2.24) is 15.1 Å². The Bertz CT molecular complexity index is 681. The van der Waals surface area contributed by atoms with Crippen LogP contribution in [0.25, 0.3) is 0 Å². The van der Waals surface area contributed by atoms with E-state index in [1.54, 1.807) is 0 Å². The molecule has 0 spiro atoms. The van der Waals surface area contributed by atoms with Gasteiger partial charge in [-0.25, -0.2) is 0 Å².